The summed E-state index contributed by atoms with van der Waals surface area (Å²) in [6.45, 7) is 1.78. The summed E-state index contributed by atoms with van der Waals surface area (Å²) < 4.78 is 4.80. The van der Waals surface area contributed by atoms with Gasteiger partial charge in [0.05, 0.1) is 6.61 Å². The number of ether oxygens (including phenoxy) is 1. The Morgan fingerprint density at radius 2 is 1.89 bits per heavy atom. The van der Waals surface area contributed by atoms with Crippen molar-refractivity contribution in [1.29, 1.82) is 0 Å². The fraction of sp³-hybridized carbons (Fsp3) is 0.818. The smallest absolute Gasteiger partial charge is 0.329 e. The summed E-state index contributed by atoms with van der Waals surface area (Å²) >= 11 is 0. The van der Waals surface area contributed by atoms with Gasteiger partial charge in [-0.15, -0.1) is 0 Å². The van der Waals surface area contributed by atoms with Crippen LogP contribution in [0.4, 0.5) is 4.79 Å². The van der Waals surface area contributed by atoms with Crippen molar-refractivity contribution in [1.82, 2.24) is 15.1 Å². The van der Waals surface area contributed by atoms with E-state index in [1.807, 2.05) is 14.1 Å². The molecule has 0 atom stereocenters. The van der Waals surface area contributed by atoms with Crippen LogP contribution >= 0.6 is 0 Å². The Labute approximate surface area is 108 Å². The topological polar surface area (TPSA) is 82.1 Å². The molecule has 0 rings (SSSR count). The number of nitrogens with zero attached hydrogens (tertiary/aromatic N) is 2. The fourth-order valence-corrected chi connectivity index (χ4v) is 1.25. The molecule has 0 aromatic rings. The minimum atomic E-state index is -1.01. The summed E-state index contributed by atoms with van der Waals surface area (Å²) in [5.74, 6) is -1.01. The molecule has 0 spiro atoms. The molecule has 0 aliphatic rings. The van der Waals surface area contributed by atoms with E-state index in [4.69, 9.17) is 9.84 Å². The molecule has 106 valence electrons. The van der Waals surface area contributed by atoms with E-state index in [-0.39, 0.29) is 19.2 Å². The first-order valence-electron chi connectivity index (χ1n) is 5.86. The van der Waals surface area contributed by atoms with Crippen molar-refractivity contribution >= 4 is 12.0 Å². The molecule has 0 radical (unpaired) electrons. The van der Waals surface area contributed by atoms with Crippen molar-refractivity contribution in [3.8, 4) is 0 Å². The number of carbonyl (C=O) groups is 2. The molecule has 2 N–H and O–H groups in total. The maximum atomic E-state index is 11.5. The second-order valence-electron chi connectivity index (χ2n) is 4.26. The van der Waals surface area contributed by atoms with E-state index in [2.05, 4.69) is 10.2 Å². The lowest BCUT2D eigenvalue weighted by atomic mass is 10.4. The van der Waals surface area contributed by atoms with Gasteiger partial charge in [0.1, 0.15) is 6.61 Å². The Balaban J connectivity index is 3.52. The number of carbonyl (C=O) groups excluding carboxylic acids is 1. The largest absolute Gasteiger partial charge is 0.480 e. The molecule has 7 nitrogen and oxygen atoms in total. The van der Waals surface area contributed by atoms with Crippen molar-refractivity contribution in [2.45, 2.75) is 6.42 Å². The van der Waals surface area contributed by atoms with E-state index < -0.39 is 5.97 Å². The number of nitrogens with one attached hydrogen (secondary N) is 1. The molecule has 2 amide bonds. The molecule has 0 unspecified atom stereocenters. The molecule has 0 saturated heterocycles. The molecule has 0 saturated carbocycles. The molecule has 0 aromatic carbocycles. The Hall–Kier alpha value is -1.34. The number of hydrogen-bond donors (Lipinski definition) is 2. The van der Waals surface area contributed by atoms with E-state index >= 15 is 0 Å². The second kappa shape index (κ2) is 9.67. The normalized spacial score (nSPS) is 10.4. The van der Waals surface area contributed by atoms with Gasteiger partial charge in [-0.25, -0.2) is 9.59 Å². The molecular formula is C11H23N3O4. The Morgan fingerprint density at radius 3 is 2.44 bits per heavy atom. The van der Waals surface area contributed by atoms with Crippen molar-refractivity contribution in [3.63, 3.8) is 0 Å². The summed E-state index contributed by atoms with van der Waals surface area (Å²) in [5, 5.41) is 11.0. The lowest BCUT2D eigenvalue weighted by molar-refractivity contribution is -0.142. The zero-order valence-corrected chi connectivity index (χ0v) is 11.3. The number of carboxylic acid groups (broad SMARTS) is 1. The highest BCUT2D eigenvalue weighted by molar-refractivity contribution is 5.73. The molecule has 0 aliphatic heterocycles. The lowest BCUT2D eigenvalue weighted by Gasteiger charge is -2.19. The molecule has 0 fully saturated rings. The first kappa shape index (κ1) is 16.7. The predicted molar refractivity (Wildman–Crippen MR) is 67.7 cm³/mol. The van der Waals surface area contributed by atoms with E-state index in [0.717, 1.165) is 13.0 Å². The van der Waals surface area contributed by atoms with Gasteiger partial charge in [-0.3, -0.25) is 0 Å². The quantitative estimate of drug-likeness (QED) is 0.556. The number of hydrogen-bond acceptors (Lipinski definition) is 4. The SMILES string of the molecule is CN(C)CCCN(C)C(=O)NCCOCC(=O)O. The first-order valence-corrected chi connectivity index (χ1v) is 5.86. The minimum absolute atomic E-state index is 0.173. The van der Waals surface area contributed by atoms with Crippen LogP contribution < -0.4 is 5.32 Å². The molecule has 0 heterocycles. The van der Waals surface area contributed by atoms with Gasteiger partial charge >= 0.3 is 12.0 Å². The Kier molecular flexibility index (Phi) is 8.95. The van der Waals surface area contributed by atoms with Crippen LogP contribution in [0.1, 0.15) is 6.42 Å². The van der Waals surface area contributed by atoms with Crippen LogP contribution in [0.5, 0.6) is 0 Å². The molecular weight excluding hydrogens is 238 g/mol. The highest BCUT2D eigenvalue weighted by Crippen LogP contribution is 1.90. The van der Waals surface area contributed by atoms with Crippen LogP contribution in [0.3, 0.4) is 0 Å². The maximum absolute atomic E-state index is 11.5. The zero-order chi connectivity index (χ0) is 14.0. The average Bonchev–Trinajstić information content (AvgIpc) is 2.27. The number of urea groups is 1. The Bertz CT molecular complexity index is 259. The van der Waals surface area contributed by atoms with Gasteiger partial charge in [0.2, 0.25) is 0 Å². The monoisotopic (exact) mass is 261 g/mol. The van der Waals surface area contributed by atoms with E-state index in [1.54, 1.807) is 11.9 Å². The molecule has 0 aromatic heterocycles. The van der Waals surface area contributed by atoms with Crippen molar-refractivity contribution < 1.29 is 19.4 Å². The predicted octanol–water partition coefficient (Wildman–Crippen LogP) is -0.319. The third-order valence-electron chi connectivity index (χ3n) is 2.19. The third-order valence-corrected chi connectivity index (χ3v) is 2.19. The molecule has 18 heavy (non-hydrogen) atoms. The summed E-state index contributed by atoms with van der Waals surface area (Å²) in [5.41, 5.74) is 0. The number of amides is 2. The first-order chi connectivity index (χ1) is 8.43. The fourth-order valence-electron chi connectivity index (χ4n) is 1.25. The van der Waals surface area contributed by atoms with Crippen LogP contribution in [0.2, 0.25) is 0 Å². The van der Waals surface area contributed by atoms with Gasteiger partial charge in [0.25, 0.3) is 0 Å². The highest BCUT2D eigenvalue weighted by Gasteiger charge is 2.07. The van der Waals surface area contributed by atoms with Gasteiger partial charge in [0.15, 0.2) is 0 Å². The van der Waals surface area contributed by atoms with Crippen LogP contribution in [-0.2, 0) is 9.53 Å². The van der Waals surface area contributed by atoms with Crippen molar-refractivity contribution in [2.24, 2.45) is 0 Å². The van der Waals surface area contributed by atoms with Gasteiger partial charge < -0.3 is 25.0 Å². The van der Waals surface area contributed by atoms with Gasteiger partial charge in [0, 0.05) is 20.1 Å². The second-order valence-corrected chi connectivity index (χ2v) is 4.26. The van der Waals surface area contributed by atoms with Crippen molar-refractivity contribution in [2.75, 3.05) is 54.0 Å². The molecule has 0 aliphatic carbocycles. The van der Waals surface area contributed by atoms with Crippen LogP contribution in [0.25, 0.3) is 0 Å². The van der Waals surface area contributed by atoms with Gasteiger partial charge in [-0.05, 0) is 27.1 Å². The minimum Gasteiger partial charge on any atom is -0.480 e. The van der Waals surface area contributed by atoms with E-state index in [1.165, 1.54) is 0 Å². The van der Waals surface area contributed by atoms with Crippen LogP contribution in [0, 0.1) is 0 Å². The molecule has 0 bridgehead atoms. The number of rotatable bonds is 9. The van der Waals surface area contributed by atoms with Gasteiger partial charge in [-0.2, -0.15) is 0 Å². The Morgan fingerprint density at radius 1 is 1.22 bits per heavy atom. The maximum Gasteiger partial charge on any atom is 0.329 e. The van der Waals surface area contributed by atoms with Crippen LogP contribution in [-0.4, -0.2) is 80.9 Å². The number of aliphatic carboxylic acids is 1. The zero-order valence-electron chi connectivity index (χ0n) is 11.3. The van der Waals surface area contributed by atoms with Crippen molar-refractivity contribution in [3.05, 3.63) is 0 Å². The summed E-state index contributed by atoms with van der Waals surface area (Å²) in [7, 11) is 5.70. The standard InChI is InChI=1S/C11H23N3O4/c1-13(2)6-4-7-14(3)11(17)12-5-8-18-9-10(15)16/h4-9H2,1-3H3,(H,12,17)(H,15,16). The number of carboxylic acids is 1. The molecule has 7 heteroatoms. The average molecular weight is 261 g/mol. The third kappa shape index (κ3) is 9.86. The van der Waals surface area contributed by atoms with Crippen LogP contribution in [0.15, 0.2) is 0 Å². The van der Waals surface area contributed by atoms with Gasteiger partial charge in [-0.1, -0.05) is 0 Å². The summed E-state index contributed by atoms with van der Waals surface area (Å²) in [6, 6.07) is -0.173. The van der Waals surface area contributed by atoms with E-state index in [9.17, 15) is 9.59 Å². The lowest BCUT2D eigenvalue weighted by Crippen LogP contribution is -2.40. The summed E-state index contributed by atoms with van der Waals surface area (Å²) in [6.07, 6.45) is 0.909. The highest BCUT2D eigenvalue weighted by atomic mass is 16.5. The summed E-state index contributed by atoms with van der Waals surface area (Å²) in [4.78, 5) is 25.4. The van der Waals surface area contributed by atoms with E-state index in [0.29, 0.717) is 13.1 Å².